The van der Waals surface area contributed by atoms with E-state index in [0.29, 0.717) is 11.7 Å². The van der Waals surface area contributed by atoms with Gasteiger partial charge in [-0.3, -0.25) is 0 Å². The summed E-state index contributed by atoms with van der Waals surface area (Å²) in [5.74, 6) is 0.901. The number of pyridine rings is 1. The summed E-state index contributed by atoms with van der Waals surface area (Å²) in [6, 6.07) is 1.15. The Morgan fingerprint density at radius 3 is 2.50 bits per heavy atom. The Balaban J connectivity index is 1.75. The van der Waals surface area contributed by atoms with Crippen molar-refractivity contribution in [1.82, 2.24) is 9.88 Å². The molecule has 1 unspecified atom stereocenters. The van der Waals surface area contributed by atoms with Gasteiger partial charge in [-0.15, -0.1) is 0 Å². The molecule has 0 spiro atoms. The molecule has 0 aliphatic carbocycles. The Morgan fingerprint density at radius 1 is 1.30 bits per heavy atom. The summed E-state index contributed by atoms with van der Waals surface area (Å²) in [5.41, 5.74) is -0.818. The van der Waals surface area contributed by atoms with Gasteiger partial charge in [-0.1, -0.05) is 11.6 Å². The zero-order chi connectivity index (χ0) is 14.3. The molecule has 4 rings (SSSR count). The summed E-state index contributed by atoms with van der Waals surface area (Å²) in [6.45, 7) is 3.12. The zero-order valence-electron chi connectivity index (χ0n) is 10.8. The highest BCUT2D eigenvalue weighted by Gasteiger charge is 2.35. The molecule has 4 heterocycles. The van der Waals surface area contributed by atoms with Crippen LogP contribution in [0.25, 0.3) is 0 Å². The van der Waals surface area contributed by atoms with Crippen LogP contribution in [0.2, 0.25) is 5.02 Å². The SMILES string of the molecule is FC(F)(F)c1cnc(NC2CN3CCC2CC3)c(Cl)c1. The first-order valence-corrected chi connectivity index (χ1v) is 7.03. The van der Waals surface area contributed by atoms with Gasteiger partial charge in [0, 0.05) is 18.8 Å². The average Bonchev–Trinajstić information content (AvgIpc) is 2.41. The van der Waals surface area contributed by atoms with Gasteiger partial charge in [0.1, 0.15) is 5.82 Å². The number of piperidine rings is 3. The highest BCUT2D eigenvalue weighted by atomic mass is 35.5. The molecule has 1 aromatic rings. The monoisotopic (exact) mass is 305 g/mol. The maximum atomic E-state index is 12.6. The van der Waals surface area contributed by atoms with Crippen LogP contribution in [0.4, 0.5) is 19.0 Å². The number of alkyl halides is 3. The van der Waals surface area contributed by atoms with Gasteiger partial charge in [-0.25, -0.2) is 4.98 Å². The van der Waals surface area contributed by atoms with Gasteiger partial charge in [0.2, 0.25) is 0 Å². The number of hydrogen-bond donors (Lipinski definition) is 1. The first-order chi connectivity index (χ1) is 9.43. The minimum absolute atomic E-state index is 0.0243. The van der Waals surface area contributed by atoms with Crippen LogP contribution in [0, 0.1) is 5.92 Å². The molecule has 7 heteroatoms. The van der Waals surface area contributed by atoms with Crippen molar-refractivity contribution in [2.24, 2.45) is 5.92 Å². The van der Waals surface area contributed by atoms with E-state index >= 15 is 0 Å². The molecule has 3 fully saturated rings. The van der Waals surface area contributed by atoms with Crippen molar-refractivity contribution in [2.75, 3.05) is 25.0 Å². The molecular formula is C13H15ClF3N3. The number of hydrogen-bond acceptors (Lipinski definition) is 3. The number of fused-ring (bicyclic) bond motifs is 3. The third-order valence-electron chi connectivity index (χ3n) is 4.15. The Bertz CT molecular complexity index is 498. The summed E-state index contributed by atoms with van der Waals surface area (Å²) >= 11 is 5.92. The Hall–Kier alpha value is -1.01. The quantitative estimate of drug-likeness (QED) is 0.909. The van der Waals surface area contributed by atoms with Crippen LogP contribution in [0.15, 0.2) is 12.3 Å². The maximum absolute atomic E-state index is 12.6. The summed E-state index contributed by atoms with van der Waals surface area (Å²) in [6.07, 6.45) is -1.34. The molecule has 0 amide bonds. The minimum atomic E-state index is -4.41. The number of nitrogens with zero attached hydrogens (tertiary/aromatic N) is 2. The molecule has 3 saturated heterocycles. The van der Waals surface area contributed by atoms with Crippen LogP contribution in [0.1, 0.15) is 18.4 Å². The van der Waals surface area contributed by atoms with Gasteiger partial charge in [-0.2, -0.15) is 13.2 Å². The number of aromatic nitrogens is 1. The molecule has 0 radical (unpaired) electrons. The van der Waals surface area contributed by atoms with Gasteiger partial charge in [-0.05, 0) is 37.9 Å². The predicted octanol–water partition coefficient (Wildman–Crippen LogP) is 3.26. The van der Waals surface area contributed by atoms with Crippen molar-refractivity contribution in [1.29, 1.82) is 0 Å². The fraction of sp³-hybridized carbons (Fsp3) is 0.615. The zero-order valence-corrected chi connectivity index (χ0v) is 11.5. The standard InChI is InChI=1S/C13H15ClF3N3/c14-10-5-9(13(15,16)17)6-18-12(10)19-11-7-20-3-1-8(11)2-4-20/h5-6,8,11H,1-4,7H2,(H,18,19). The lowest BCUT2D eigenvalue weighted by Gasteiger charge is -2.45. The van der Waals surface area contributed by atoms with E-state index in [1.807, 2.05) is 0 Å². The second-order valence-electron chi connectivity index (χ2n) is 5.44. The summed E-state index contributed by atoms with van der Waals surface area (Å²) in [5, 5.41) is 3.23. The number of rotatable bonds is 2. The molecule has 2 bridgehead atoms. The smallest absolute Gasteiger partial charge is 0.365 e. The van der Waals surface area contributed by atoms with Crippen molar-refractivity contribution < 1.29 is 13.2 Å². The molecule has 110 valence electrons. The Labute approximate surface area is 120 Å². The lowest BCUT2D eigenvalue weighted by Crippen LogP contribution is -2.53. The first-order valence-electron chi connectivity index (χ1n) is 6.65. The van der Waals surface area contributed by atoms with E-state index in [2.05, 4.69) is 15.2 Å². The van der Waals surface area contributed by atoms with Gasteiger partial charge in [0.05, 0.1) is 10.6 Å². The van der Waals surface area contributed by atoms with Gasteiger partial charge in [0.15, 0.2) is 0 Å². The van der Waals surface area contributed by atoms with Crippen LogP contribution in [-0.2, 0) is 6.18 Å². The van der Waals surface area contributed by atoms with E-state index in [-0.39, 0.29) is 11.1 Å². The van der Waals surface area contributed by atoms with Crippen molar-refractivity contribution in [3.63, 3.8) is 0 Å². The number of nitrogens with one attached hydrogen (secondary N) is 1. The third kappa shape index (κ3) is 2.72. The largest absolute Gasteiger partial charge is 0.417 e. The summed E-state index contributed by atoms with van der Waals surface area (Å²) < 4.78 is 37.7. The van der Waals surface area contributed by atoms with Crippen molar-refractivity contribution in [2.45, 2.75) is 25.1 Å². The van der Waals surface area contributed by atoms with E-state index < -0.39 is 11.7 Å². The minimum Gasteiger partial charge on any atom is -0.365 e. The average molecular weight is 306 g/mol. The summed E-state index contributed by atoms with van der Waals surface area (Å²) in [7, 11) is 0. The molecule has 3 aliphatic heterocycles. The Morgan fingerprint density at radius 2 is 2.00 bits per heavy atom. The van der Waals surface area contributed by atoms with Gasteiger partial charge < -0.3 is 10.2 Å². The summed E-state index contributed by atoms with van der Waals surface area (Å²) in [4.78, 5) is 6.20. The van der Waals surface area contributed by atoms with Crippen LogP contribution < -0.4 is 5.32 Å². The van der Waals surface area contributed by atoms with Gasteiger partial charge in [0.25, 0.3) is 0 Å². The van der Waals surface area contributed by atoms with Crippen molar-refractivity contribution in [3.05, 3.63) is 22.8 Å². The molecule has 1 N–H and O–H groups in total. The second-order valence-corrected chi connectivity index (χ2v) is 5.85. The fourth-order valence-corrected chi connectivity index (χ4v) is 3.22. The second kappa shape index (κ2) is 5.07. The van der Waals surface area contributed by atoms with E-state index in [0.717, 1.165) is 44.7 Å². The number of halogens is 4. The topological polar surface area (TPSA) is 28.2 Å². The van der Waals surface area contributed by atoms with Crippen molar-refractivity contribution in [3.8, 4) is 0 Å². The van der Waals surface area contributed by atoms with E-state index in [9.17, 15) is 13.2 Å². The van der Waals surface area contributed by atoms with Crippen LogP contribution in [-0.4, -0.2) is 35.6 Å². The fourth-order valence-electron chi connectivity index (χ4n) is 3.00. The Kier molecular flexibility index (Phi) is 3.54. The van der Waals surface area contributed by atoms with Crippen LogP contribution >= 0.6 is 11.6 Å². The third-order valence-corrected chi connectivity index (χ3v) is 4.43. The highest BCUT2D eigenvalue weighted by Crippen LogP contribution is 2.34. The van der Waals surface area contributed by atoms with E-state index in [1.165, 1.54) is 0 Å². The van der Waals surface area contributed by atoms with E-state index in [4.69, 9.17) is 11.6 Å². The van der Waals surface area contributed by atoms with Crippen molar-refractivity contribution >= 4 is 17.4 Å². The molecule has 0 aromatic carbocycles. The molecule has 3 aliphatic rings. The first kappa shape index (κ1) is 13.9. The highest BCUT2D eigenvalue weighted by molar-refractivity contribution is 6.33. The predicted molar refractivity (Wildman–Crippen MR) is 70.8 cm³/mol. The normalized spacial score (nSPS) is 29.5. The maximum Gasteiger partial charge on any atom is 0.417 e. The molecule has 1 aromatic heterocycles. The molecule has 1 atom stereocenters. The number of anilines is 1. The van der Waals surface area contributed by atoms with E-state index in [1.54, 1.807) is 0 Å². The molecular weight excluding hydrogens is 291 g/mol. The lowest BCUT2D eigenvalue weighted by molar-refractivity contribution is -0.137. The lowest BCUT2D eigenvalue weighted by atomic mass is 9.84. The molecule has 0 saturated carbocycles. The molecule has 20 heavy (non-hydrogen) atoms. The molecule has 3 nitrogen and oxygen atoms in total. The van der Waals surface area contributed by atoms with Gasteiger partial charge >= 0.3 is 6.18 Å². The van der Waals surface area contributed by atoms with Crippen LogP contribution in [0.3, 0.4) is 0 Å². The van der Waals surface area contributed by atoms with Crippen LogP contribution in [0.5, 0.6) is 0 Å².